The molecule has 6 heteroatoms. The maximum Gasteiger partial charge on any atom is 0.292 e. The molecule has 0 radical (unpaired) electrons. The number of quaternary nitrogens is 1. The number of hydrogen-bond acceptors (Lipinski definition) is 3. The lowest BCUT2D eigenvalue weighted by Gasteiger charge is -2.33. The van der Waals surface area contributed by atoms with Gasteiger partial charge in [-0.1, -0.05) is 67.9 Å². The van der Waals surface area contributed by atoms with E-state index in [-0.39, 0.29) is 10.6 Å². The van der Waals surface area contributed by atoms with E-state index in [1.54, 1.807) is 11.1 Å². The Bertz CT molecular complexity index is 1040. The zero-order valence-corrected chi connectivity index (χ0v) is 18.3. The fourth-order valence-corrected chi connectivity index (χ4v) is 4.20. The van der Waals surface area contributed by atoms with Gasteiger partial charge in [0.1, 0.15) is 11.6 Å². The van der Waals surface area contributed by atoms with Crippen LogP contribution in [-0.4, -0.2) is 36.0 Å². The van der Waals surface area contributed by atoms with Crippen molar-refractivity contribution in [3.63, 3.8) is 0 Å². The highest BCUT2D eigenvalue weighted by Crippen LogP contribution is 2.21. The minimum Gasteiger partial charge on any atom is -0.358 e. The van der Waals surface area contributed by atoms with E-state index in [9.17, 15) is 4.79 Å². The lowest BCUT2D eigenvalue weighted by molar-refractivity contribution is -0.914. The fraction of sp³-hybridized carbons (Fsp3) is 0.333. The van der Waals surface area contributed by atoms with E-state index in [1.807, 2.05) is 30.3 Å². The van der Waals surface area contributed by atoms with Gasteiger partial charge in [0.2, 0.25) is 0 Å². The van der Waals surface area contributed by atoms with Crippen molar-refractivity contribution >= 4 is 17.3 Å². The predicted octanol–water partition coefficient (Wildman–Crippen LogP) is 2.91. The summed E-state index contributed by atoms with van der Waals surface area (Å²) in [4.78, 5) is 16.5. The number of aromatic nitrogens is 2. The molecule has 156 valence electrons. The van der Waals surface area contributed by atoms with Gasteiger partial charge in [-0.2, -0.15) is 9.78 Å². The summed E-state index contributed by atoms with van der Waals surface area (Å²) in [5.74, 6) is 0.561. The molecule has 0 saturated carbocycles. The van der Waals surface area contributed by atoms with Crippen LogP contribution in [0.2, 0.25) is 5.02 Å². The molecule has 1 aliphatic rings. The number of nitrogens with zero attached hydrogens (tertiary/aromatic N) is 3. The van der Waals surface area contributed by atoms with Crippen molar-refractivity contribution in [2.45, 2.75) is 26.3 Å². The van der Waals surface area contributed by atoms with Gasteiger partial charge in [-0.05, 0) is 23.6 Å². The monoisotopic (exact) mass is 423 g/mol. The minimum absolute atomic E-state index is 0.238. The Morgan fingerprint density at radius 2 is 1.70 bits per heavy atom. The van der Waals surface area contributed by atoms with E-state index in [1.165, 1.54) is 15.8 Å². The maximum absolute atomic E-state index is 12.8. The van der Waals surface area contributed by atoms with Gasteiger partial charge < -0.3 is 9.80 Å². The number of anilines is 1. The third-order valence-electron chi connectivity index (χ3n) is 5.81. The second-order valence-corrected chi connectivity index (χ2v) is 8.58. The van der Waals surface area contributed by atoms with E-state index >= 15 is 0 Å². The van der Waals surface area contributed by atoms with Crippen LogP contribution in [0.3, 0.4) is 0 Å². The summed E-state index contributed by atoms with van der Waals surface area (Å²) in [5.41, 5.74) is 3.92. The van der Waals surface area contributed by atoms with Crippen LogP contribution in [0.4, 0.5) is 5.69 Å². The van der Waals surface area contributed by atoms with Gasteiger partial charge in [-0.3, -0.25) is 4.79 Å². The molecule has 0 bridgehead atoms. The van der Waals surface area contributed by atoms with Crippen molar-refractivity contribution in [3.05, 3.63) is 87.3 Å². The highest BCUT2D eigenvalue weighted by Gasteiger charge is 2.24. The number of benzene rings is 2. The number of halogens is 1. The number of rotatable bonds is 5. The van der Waals surface area contributed by atoms with E-state index < -0.39 is 0 Å². The van der Waals surface area contributed by atoms with Gasteiger partial charge in [0.05, 0.1) is 43.8 Å². The van der Waals surface area contributed by atoms with Gasteiger partial charge in [0.15, 0.2) is 0 Å². The molecule has 1 aromatic heterocycles. The SMILES string of the molecule is CC(C)c1ccc(C[NH+]2CCN(c3cnn(-c4ccccc4)c(=O)c3Cl)CC2)cc1. The molecule has 0 unspecified atom stereocenters. The Hall–Kier alpha value is -2.63. The minimum atomic E-state index is -0.277. The topological polar surface area (TPSA) is 42.6 Å². The Labute approximate surface area is 182 Å². The molecule has 1 fully saturated rings. The maximum atomic E-state index is 12.8. The van der Waals surface area contributed by atoms with Gasteiger partial charge in [-0.15, -0.1) is 0 Å². The van der Waals surface area contributed by atoms with Crippen LogP contribution < -0.4 is 15.4 Å². The first-order valence-electron chi connectivity index (χ1n) is 10.5. The van der Waals surface area contributed by atoms with Gasteiger partial charge in [-0.25, -0.2) is 0 Å². The average Bonchev–Trinajstić information content (AvgIpc) is 2.77. The van der Waals surface area contributed by atoms with Crippen LogP contribution in [0.1, 0.15) is 30.9 Å². The zero-order valence-electron chi connectivity index (χ0n) is 17.5. The van der Waals surface area contributed by atoms with Crippen LogP contribution in [0.15, 0.2) is 65.6 Å². The quantitative estimate of drug-likeness (QED) is 0.686. The van der Waals surface area contributed by atoms with Gasteiger partial charge in [0.25, 0.3) is 5.56 Å². The van der Waals surface area contributed by atoms with Crippen molar-refractivity contribution in [1.82, 2.24) is 9.78 Å². The summed E-state index contributed by atoms with van der Waals surface area (Å²) in [5, 5.41) is 4.60. The third-order valence-corrected chi connectivity index (χ3v) is 6.17. The molecule has 0 atom stereocenters. The lowest BCUT2D eigenvalue weighted by atomic mass is 10.0. The summed E-state index contributed by atoms with van der Waals surface area (Å²) in [6.45, 7) is 9.18. The van der Waals surface area contributed by atoms with Crippen molar-refractivity contribution in [2.75, 3.05) is 31.1 Å². The molecule has 0 spiro atoms. The van der Waals surface area contributed by atoms with E-state index in [2.05, 4.69) is 48.1 Å². The van der Waals surface area contributed by atoms with Crippen molar-refractivity contribution in [3.8, 4) is 5.69 Å². The first-order valence-corrected chi connectivity index (χ1v) is 10.9. The van der Waals surface area contributed by atoms with Crippen molar-refractivity contribution < 1.29 is 4.90 Å². The summed E-state index contributed by atoms with van der Waals surface area (Å²) < 4.78 is 1.36. The third kappa shape index (κ3) is 4.42. The molecular weight excluding hydrogens is 396 g/mol. The highest BCUT2D eigenvalue weighted by atomic mass is 35.5. The number of para-hydroxylation sites is 1. The van der Waals surface area contributed by atoms with Crippen LogP contribution in [0.25, 0.3) is 5.69 Å². The fourth-order valence-electron chi connectivity index (χ4n) is 3.95. The molecule has 2 heterocycles. The molecule has 4 rings (SSSR count). The van der Waals surface area contributed by atoms with Gasteiger partial charge in [0, 0.05) is 5.56 Å². The molecule has 1 N–H and O–H groups in total. The Balaban J connectivity index is 1.41. The molecule has 0 amide bonds. The predicted molar refractivity (Wildman–Crippen MR) is 122 cm³/mol. The molecule has 0 aliphatic carbocycles. The highest BCUT2D eigenvalue weighted by molar-refractivity contribution is 6.33. The van der Waals surface area contributed by atoms with Crippen molar-refractivity contribution in [2.24, 2.45) is 0 Å². The van der Waals surface area contributed by atoms with Crippen LogP contribution >= 0.6 is 11.6 Å². The summed E-state index contributed by atoms with van der Waals surface area (Å²) in [6.07, 6.45) is 1.71. The largest absolute Gasteiger partial charge is 0.358 e. The Morgan fingerprint density at radius 3 is 2.33 bits per heavy atom. The Morgan fingerprint density at radius 1 is 1.03 bits per heavy atom. The molecule has 2 aromatic carbocycles. The molecule has 5 nitrogen and oxygen atoms in total. The lowest BCUT2D eigenvalue weighted by Crippen LogP contribution is -3.13. The first kappa shape index (κ1) is 20.6. The van der Waals surface area contributed by atoms with Crippen LogP contribution in [0, 0.1) is 0 Å². The second-order valence-electron chi connectivity index (χ2n) is 8.21. The molecule has 30 heavy (non-hydrogen) atoms. The standard InChI is InChI=1S/C24H27ClN4O/c1-18(2)20-10-8-19(9-11-20)17-27-12-14-28(15-13-27)22-16-26-29(24(30)23(22)25)21-6-4-3-5-7-21/h3-11,16,18H,12-15,17H2,1-2H3/p+1. The summed E-state index contributed by atoms with van der Waals surface area (Å²) >= 11 is 6.47. The average molecular weight is 424 g/mol. The van der Waals surface area contributed by atoms with Gasteiger partial charge >= 0.3 is 0 Å². The normalized spacial score (nSPS) is 15.0. The summed E-state index contributed by atoms with van der Waals surface area (Å²) in [6, 6.07) is 18.3. The number of nitrogens with one attached hydrogen (secondary N) is 1. The Kier molecular flexibility index (Phi) is 6.21. The molecule has 1 saturated heterocycles. The zero-order chi connectivity index (χ0) is 21.1. The van der Waals surface area contributed by atoms with E-state index in [4.69, 9.17) is 11.6 Å². The number of piperazine rings is 1. The number of hydrogen-bond donors (Lipinski definition) is 1. The summed E-state index contributed by atoms with van der Waals surface area (Å²) in [7, 11) is 0. The molecule has 3 aromatic rings. The van der Waals surface area contributed by atoms with E-state index in [0.717, 1.165) is 38.4 Å². The van der Waals surface area contributed by atoms with Crippen LogP contribution in [0.5, 0.6) is 0 Å². The molecule has 1 aliphatic heterocycles. The second kappa shape index (κ2) is 9.02. The first-order chi connectivity index (χ1) is 14.5. The van der Waals surface area contributed by atoms with E-state index in [0.29, 0.717) is 11.6 Å². The van der Waals surface area contributed by atoms with Crippen molar-refractivity contribution in [1.29, 1.82) is 0 Å². The van der Waals surface area contributed by atoms with Crippen LogP contribution in [-0.2, 0) is 6.54 Å². The molecular formula is C24H28ClN4O+. The smallest absolute Gasteiger partial charge is 0.292 e.